The van der Waals surface area contributed by atoms with Crippen LogP contribution in [0.1, 0.15) is 39.2 Å². The zero-order valence-corrected chi connectivity index (χ0v) is 13.9. The lowest BCUT2D eigenvalue weighted by molar-refractivity contribution is -0.117. The van der Waals surface area contributed by atoms with Crippen LogP contribution in [0.15, 0.2) is 18.3 Å². The Bertz CT molecular complexity index is 438. The monoisotopic (exact) mass is 310 g/mol. The molecule has 21 heavy (non-hydrogen) atoms. The molecule has 5 heteroatoms. The molecule has 118 valence electrons. The van der Waals surface area contributed by atoms with Crippen LogP contribution in [0.5, 0.6) is 0 Å². The Balaban J connectivity index is 2.46. The van der Waals surface area contributed by atoms with Gasteiger partial charge in [0.05, 0.1) is 6.61 Å². The Morgan fingerprint density at radius 1 is 1.43 bits per heavy atom. The fourth-order valence-electron chi connectivity index (χ4n) is 2.29. The molecule has 1 amide bonds. The first kappa shape index (κ1) is 18.0. The van der Waals surface area contributed by atoms with Gasteiger partial charge in [-0.25, -0.2) is 4.98 Å². The van der Waals surface area contributed by atoms with Gasteiger partial charge in [0, 0.05) is 24.1 Å². The van der Waals surface area contributed by atoms with Crippen LogP contribution in [-0.2, 0) is 10.5 Å². The summed E-state index contributed by atoms with van der Waals surface area (Å²) in [7, 11) is 0. The molecule has 0 fully saturated rings. The highest BCUT2D eigenvalue weighted by molar-refractivity contribution is 7.98. The molecule has 0 aliphatic rings. The Labute approximate surface area is 131 Å². The summed E-state index contributed by atoms with van der Waals surface area (Å²) in [5, 5.41) is 11.6. The number of anilines is 1. The molecular weight excluding hydrogens is 284 g/mol. The predicted molar refractivity (Wildman–Crippen MR) is 89.4 cm³/mol. The van der Waals surface area contributed by atoms with E-state index in [9.17, 15) is 4.79 Å². The lowest BCUT2D eigenvalue weighted by Crippen LogP contribution is -2.16. The summed E-state index contributed by atoms with van der Waals surface area (Å²) in [4.78, 5) is 16.2. The first-order valence-electron chi connectivity index (χ1n) is 7.44. The van der Waals surface area contributed by atoms with Gasteiger partial charge in [0.25, 0.3) is 0 Å². The van der Waals surface area contributed by atoms with Crippen LogP contribution in [0.2, 0.25) is 0 Å². The highest BCUT2D eigenvalue weighted by atomic mass is 32.2. The Hall–Kier alpha value is -1.07. The smallest absolute Gasteiger partial charge is 0.225 e. The second-order valence-electron chi connectivity index (χ2n) is 5.81. The standard InChI is InChI=1S/C16H26N2O2S/c1-12(2)8-13(3)9-16(20)18-15-10-14(4-5-17-15)11-21-7-6-19/h4-5,10,12-13,19H,6-9,11H2,1-3H3,(H,17,18,20). The minimum absolute atomic E-state index is 0.0239. The largest absolute Gasteiger partial charge is 0.396 e. The number of aromatic nitrogens is 1. The van der Waals surface area contributed by atoms with Crippen molar-refractivity contribution in [3.63, 3.8) is 0 Å². The summed E-state index contributed by atoms with van der Waals surface area (Å²) in [6.07, 6.45) is 3.30. The Kier molecular flexibility index (Phi) is 8.38. The minimum atomic E-state index is 0.0239. The quantitative estimate of drug-likeness (QED) is 0.687. The first-order chi connectivity index (χ1) is 10.0. The Morgan fingerprint density at radius 3 is 2.86 bits per heavy atom. The number of aliphatic hydroxyl groups is 1. The van der Waals surface area contributed by atoms with Crippen LogP contribution in [0.25, 0.3) is 0 Å². The van der Waals surface area contributed by atoms with Crippen molar-refractivity contribution < 1.29 is 9.90 Å². The van der Waals surface area contributed by atoms with Crippen LogP contribution in [0.4, 0.5) is 5.82 Å². The molecule has 1 aromatic heterocycles. The number of pyridine rings is 1. The number of nitrogens with zero attached hydrogens (tertiary/aromatic N) is 1. The molecule has 0 aliphatic heterocycles. The summed E-state index contributed by atoms with van der Waals surface area (Å²) >= 11 is 1.66. The maximum absolute atomic E-state index is 12.0. The SMILES string of the molecule is CC(C)CC(C)CC(=O)Nc1cc(CSCCO)ccn1. The van der Waals surface area contributed by atoms with E-state index in [1.54, 1.807) is 18.0 Å². The molecule has 0 saturated heterocycles. The highest BCUT2D eigenvalue weighted by Crippen LogP contribution is 2.17. The predicted octanol–water partition coefficient (Wildman–Crippen LogP) is 3.32. The number of carbonyl (C=O) groups is 1. The van der Waals surface area contributed by atoms with Crippen LogP contribution < -0.4 is 5.32 Å². The first-order valence-corrected chi connectivity index (χ1v) is 8.60. The summed E-state index contributed by atoms with van der Waals surface area (Å²) in [6, 6.07) is 3.83. The third-order valence-electron chi connectivity index (χ3n) is 3.00. The van der Waals surface area contributed by atoms with Crippen LogP contribution in [0.3, 0.4) is 0 Å². The van der Waals surface area contributed by atoms with E-state index in [0.29, 0.717) is 24.1 Å². The molecule has 4 nitrogen and oxygen atoms in total. The van der Waals surface area contributed by atoms with Crippen LogP contribution in [-0.4, -0.2) is 28.4 Å². The molecule has 2 N–H and O–H groups in total. The molecule has 1 rings (SSSR count). The van der Waals surface area contributed by atoms with E-state index in [0.717, 1.165) is 23.5 Å². The molecular formula is C16H26N2O2S. The maximum atomic E-state index is 12.0. The van der Waals surface area contributed by atoms with Crippen molar-refractivity contribution in [2.45, 2.75) is 39.4 Å². The van der Waals surface area contributed by atoms with Gasteiger partial charge < -0.3 is 10.4 Å². The van der Waals surface area contributed by atoms with Crippen molar-refractivity contribution in [3.8, 4) is 0 Å². The van der Waals surface area contributed by atoms with Crippen molar-refractivity contribution in [2.24, 2.45) is 11.8 Å². The number of amides is 1. The van der Waals surface area contributed by atoms with E-state index in [4.69, 9.17) is 5.11 Å². The minimum Gasteiger partial charge on any atom is -0.396 e. The third kappa shape index (κ3) is 8.07. The number of aliphatic hydroxyl groups excluding tert-OH is 1. The van der Waals surface area contributed by atoms with Crippen molar-refractivity contribution in [1.82, 2.24) is 4.98 Å². The van der Waals surface area contributed by atoms with Crippen molar-refractivity contribution >= 4 is 23.5 Å². The second kappa shape index (κ2) is 9.79. The zero-order valence-electron chi connectivity index (χ0n) is 13.1. The number of carbonyl (C=O) groups excluding carboxylic acids is 1. The molecule has 0 radical (unpaired) electrons. The van der Waals surface area contributed by atoms with E-state index in [2.05, 4.69) is 31.1 Å². The fourth-order valence-corrected chi connectivity index (χ4v) is 2.97. The van der Waals surface area contributed by atoms with Crippen molar-refractivity contribution in [2.75, 3.05) is 17.7 Å². The fraction of sp³-hybridized carbons (Fsp3) is 0.625. The second-order valence-corrected chi connectivity index (χ2v) is 6.92. The number of hydrogen-bond donors (Lipinski definition) is 2. The van der Waals surface area contributed by atoms with Gasteiger partial charge in [-0.1, -0.05) is 20.8 Å². The van der Waals surface area contributed by atoms with E-state index < -0.39 is 0 Å². The van der Waals surface area contributed by atoms with Gasteiger partial charge in [0.15, 0.2) is 0 Å². The molecule has 0 saturated carbocycles. The van der Waals surface area contributed by atoms with Crippen LogP contribution >= 0.6 is 11.8 Å². The summed E-state index contributed by atoms with van der Waals surface area (Å²) < 4.78 is 0. The summed E-state index contributed by atoms with van der Waals surface area (Å²) in [5.74, 6) is 3.16. The molecule has 0 aromatic carbocycles. The van der Waals surface area contributed by atoms with E-state index in [1.807, 2.05) is 12.1 Å². The van der Waals surface area contributed by atoms with Crippen molar-refractivity contribution in [3.05, 3.63) is 23.9 Å². The molecule has 1 atom stereocenters. The van der Waals surface area contributed by atoms with E-state index in [1.165, 1.54) is 0 Å². The topological polar surface area (TPSA) is 62.2 Å². The van der Waals surface area contributed by atoms with Gasteiger partial charge in [-0.2, -0.15) is 11.8 Å². The van der Waals surface area contributed by atoms with Gasteiger partial charge >= 0.3 is 0 Å². The number of nitrogens with one attached hydrogen (secondary N) is 1. The highest BCUT2D eigenvalue weighted by Gasteiger charge is 2.11. The molecule has 0 aliphatic carbocycles. The molecule has 1 aromatic rings. The zero-order chi connectivity index (χ0) is 15.7. The van der Waals surface area contributed by atoms with Gasteiger partial charge in [0.2, 0.25) is 5.91 Å². The summed E-state index contributed by atoms with van der Waals surface area (Å²) in [5.41, 5.74) is 1.11. The molecule has 0 bridgehead atoms. The lowest BCUT2D eigenvalue weighted by atomic mass is 9.96. The lowest BCUT2D eigenvalue weighted by Gasteiger charge is -2.13. The van der Waals surface area contributed by atoms with E-state index >= 15 is 0 Å². The number of thioether (sulfide) groups is 1. The van der Waals surface area contributed by atoms with Gasteiger partial charge in [0.1, 0.15) is 5.82 Å². The average molecular weight is 310 g/mol. The maximum Gasteiger partial charge on any atom is 0.225 e. The summed E-state index contributed by atoms with van der Waals surface area (Å²) in [6.45, 7) is 6.63. The van der Waals surface area contributed by atoms with Gasteiger partial charge in [-0.05, 0) is 36.0 Å². The molecule has 1 heterocycles. The third-order valence-corrected chi connectivity index (χ3v) is 4.01. The average Bonchev–Trinajstić information content (AvgIpc) is 2.38. The number of hydrogen-bond acceptors (Lipinski definition) is 4. The molecule has 0 spiro atoms. The molecule has 1 unspecified atom stereocenters. The number of rotatable bonds is 9. The van der Waals surface area contributed by atoms with Crippen molar-refractivity contribution in [1.29, 1.82) is 0 Å². The van der Waals surface area contributed by atoms with Crippen LogP contribution in [0, 0.1) is 11.8 Å². The normalized spacial score (nSPS) is 12.4. The Morgan fingerprint density at radius 2 is 2.19 bits per heavy atom. The van der Waals surface area contributed by atoms with Gasteiger partial charge in [-0.15, -0.1) is 0 Å². The van der Waals surface area contributed by atoms with E-state index in [-0.39, 0.29) is 12.5 Å². The van der Waals surface area contributed by atoms with Gasteiger partial charge in [-0.3, -0.25) is 4.79 Å².